The largest absolute Gasteiger partial charge is 0.335 e. The van der Waals surface area contributed by atoms with Crippen LogP contribution in [0.4, 0.5) is 45.5 Å². The molecule has 0 spiro atoms. The van der Waals surface area contributed by atoms with Crippen LogP contribution < -0.4 is 31.1 Å². The van der Waals surface area contributed by atoms with Gasteiger partial charge in [0.2, 0.25) is 0 Å². The second kappa shape index (κ2) is 15.3. The summed E-state index contributed by atoms with van der Waals surface area (Å²) in [6.07, 6.45) is 0. The molecule has 0 bridgehead atoms. The highest BCUT2D eigenvalue weighted by atomic mass is 15.3. The van der Waals surface area contributed by atoms with Crippen LogP contribution in [0.5, 0.6) is 0 Å². The molecule has 10 rings (SSSR count). The Morgan fingerprint density at radius 2 is 0.779 bits per heavy atom. The molecule has 0 atom stereocenters. The van der Waals surface area contributed by atoms with Gasteiger partial charge in [0.15, 0.2) is 0 Å². The van der Waals surface area contributed by atoms with E-state index in [1.54, 1.807) is 0 Å². The summed E-state index contributed by atoms with van der Waals surface area (Å²) < 4.78 is 0. The van der Waals surface area contributed by atoms with Gasteiger partial charge in [0.1, 0.15) is 0 Å². The highest BCUT2D eigenvalue weighted by Crippen LogP contribution is 2.56. The summed E-state index contributed by atoms with van der Waals surface area (Å²) >= 11 is 0. The number of fused-ring (bicyclic) bond motifs is 5. The Balaban J connectivity index is 1.32. The topological polar surface area (TPSA) is 9.72 Å². The molecule has 3 aliphatic rings. The molecular weight excluding hydrogens is 822 g/mol. The molecule has 0 fully saturated rings. The Morgan fingerprint density at radius 3 is 1.26 bits per heavy atom. The second-order valence-electron chi connectivity index (χ2n) is 25.3. The molecule has 0 unspecified atom stereocenters. The van der Waals surface area contributed by atoms with E-state index in [2.05, 4.69) is 271 Å². The summed E-state index contributed by atoms with van der Waals surface area (Å²) in [6, 6.07) is 56.9. The van der Waals surface area contributed by atoms with Gasteiger partial charge < -0.3 is 14.7 Å². The van der Waals surface area contributed by atoms with Crippen LogP contribution >= 0.6 is 0 Å². The van der Waals surface area contributed by atoms with Crippen molar-refractivity contribution in [2.45, 2.75) is 143 Å². The first-order valence-corrected chi connectivity index (χ1v) is 25.1. The predicted molar refractivity (Wildman–Crippen MR) is 296 cm³/mol. The zero-order valence-electron chi connectivity index (χ0n) is 43.8. The van der Waals surface area contributed by atoms with Crippen molar-refractivity contribution in [1.29, 1.82) is 0 Å². The van der Waals surface area contributed by atoms with E-state index in [9.17, 15) is 0 Å². The molecule has 0 saturated heterocycles. The fraction of sp³-hybridized carbons (Fsp3) is 0.344. The molecule has 68 heavy (non-hydrogen) atoms. The van der Waals surface area contributed by atoms with Gasteiger partial charge in [0.05, 0.1) is 0 Å². The molecule has 3 aliphatic heterocycles. The van der Waals surface area contributed by atoms with E-state index < -0.39 is 0 Å². The number of hydrogen-bond acceptors (Lipinski definition) is 3. The molecule has 0 radical (unpaired) electrons. The quantitative estimate of drug-likeness (QED) is 0.163. The Morgan fingerprint density at radius 1 is 0.368 bits per heavy atom. The summed E-state index contributed by atoms with van der Waals surface area (Å²) in [5.41, 5.74) is 22.6. The van der Waals surface area contributed by atoms with Gasteiger partial charge in [0, 0.05) is 56.5 Å². The Bertz CT molecular complexity index is 3070. The van der Waals surface area contributed by atoms with Gasteiger partial charge in [-0.1, -0.05) is 188 Å². The molecule has 0 amide bonds. The SMILES string of the molecule is CC(C)(C)c1ccc(-c2ccc3c(c2)B2c4cc(C(C)(C)C)ccc4N(c4ccc(C(C)(C)C)cc4)c4cc(N5c6ccccc6C(C)(C)C5(C)C)cc(c42)N3c2ccc(C(C)(C)C)cc2)cc1. The summed E-state index contributed by atoms with van der Waals surface area (Å²) in [5.74, 6) is 0. The summed E-state index contributed by atoms with van der Waals surface area (Å²) in [6.45, 7) is 37.4. The minimum Gasteiger partial charge on any atom is -0.335 e. The lowest BCUT2D eigenvalue weighted by Gasteiger charge is -2.47. The predicted octanol–water partition coefficient (Wildman–Crippen LogP) is 15.8. The lowest BCUT2D eigenvalue weighted by atomic mass is 9.33. The Kier molecular flexibility index (Phi) is 10.3. The van der Waals surface area contributed by atoms with Crippen molar-refractivity contribution in [3.05, 3.63) is 173 Å². The monoisotopic (exact) mass is 894 g/mol. The lowest BCUT2D eigenvalue weighted by molar-refractivity contribution is 0.330. The van der Waals surface area contributed by atoms with E-state index >= 15 is 0 Å². The Hall–Kier alpha value is -6.00. The van der Waals surface area contributed by atoms with Crippen molar-refractivity contribution in [3.8, 4) is 11.1 Å². The smallest absolute Gasteiger partial charge is 0.252 e. The van der Waals surface area contributed by atoms with Gasteiger partial charge >= 0.3 is 0 Å². The maximum absolute atomic E-state index is 2.65. The van der Waals surface area contributed by atoms with Gasteiger partial charge in [0.25, 0.3) is 6.71 Å². The molecular formula is C64H72BN3. The van der Waals surface area contributed by atoms with E-state index in [4.69, 9.17) is 0 Å². The van der Waals surface area contributed by atoms with E-state index in [1.165, 1.54) is 95.1 Å². The normalized spacial score (nSPS) is 16.1. The van der Waals surface area contributed by atoms with Crippen molar-refractivity contribution in [2.24, 2.45) is 0 Å². The van der Waals surface area contributed by atoms with E-state index in [-0.39, 0.29) is 39.3 Å². The van der Waals surface area contributed by atoms with Crippen LogP contribution in [0.3, 0.4) is 0 Å². The first kappa shape index (κ1) is 45.8. The van der Waals surface area contributed by atoms with Crippen molar-refractivity contribution in [1.82, 2.24) is 0 Å². The van der Waals surface area contributed by atoms with Crippen LogP contribution in [-0.2, 0) is 27.1 Å². The van der Waals surface area contributed by atoms with Crippen molar-refractivity contribution in [3.63, 3.8) is 0 Å². The average molecular weight is 894 g/mol. The average Bonchev–Trinajstić information content (AvgIpc) is 3.44. The van der Waals surface area contributed by atoms with Crippen molar-refractivity contribution < 1.29 is 0 Å². The molecule has 7 aromatic carbocycles. The minimum absolute atomic E-state index is 0.0268. The minimum atomic E-state index is -0.242. The number of para-hydroxylation sites is 1. The molecule has 3 nitrogen and oxygen atoms in total. The van der Waals surface area contributed by atoms with Crippen LogP contribution in [0.1, 0.15) is 139 Å². The molecule has 3 heterocycles. The van der Waals surface area contributed by atoms with Gasteiger partial charge in [-0.25, -0.2) is 0 Å². The summed E-state index contributed by atoms with van der Waals surface area (Å²) in [4.78, 5) is 7.83. The molecule has 0 aromatic heterocycles. The van der Waals surface area contributed by atoms with Crippen molar-refractivity contribution >= 4 is 68.6 Å². The second-order valence-corrected chi connectivity index (χ2v) is 25.3. The van der Waals surface area contributed by atoms with Gasteiger partial charge in [-0.2, -0.15) is 0 Å². The third-order valence-corrected chi connectivity index (χ3v) is 16.1. The molecule has 7 aromatic rings. The first-order chi connectivity index (χ1) is 31.8. The first-order valence-electron chi connectivity index (χ1n) is 25.1. The number of hydrogen-bond donors (Lipinski definition) is 0. The maximum atomic E-state index is 2.65. The van der Waals surface area contributed by atoms with Crippen LogP contribution in [0.2, 0.25) is 0 Å². The van der Waals surface area contributed by atoms with Crippen molar-refractivity contribution in [2.75, 3.05) is 14.7 Å². The van der Waals surface area contributed by atoms with Gasteiger partial charge in [-0.05, 0) is 145 Å². The highest BCUT2D eigenvalue weighted by Gasteiger charge is 2.52. The molecule has 0 N–H and O–H groups in total. The Labute approximate surface area is 409 Å². The van der Waals surface area contributed by atoms with Crippen LogP contribution in [0, 0.1) is 0 Å². The van der Waals surface area contributed by atoms with E-state index in [0.29, 0.717) is 0 Å². The molecule has 4 heteroatoms. The lowest BCUT2D eigenvalue weighted by Crippen LogP contribution is -2.61. The third-order valence-electron chi connectivity index (χ3n) is 16.1. The fourth-order valence-electron chi connectivity index (χ4n) is 11.3. The van der Waals surface area contributed by atoms with E-state index in [0.717, 1.165) is 5.69 Å². The third kappa shape index (κ3) is 7.23. The summed E-state index contributed by atoms with van der Waals surface area (Å²) in [5, 5.41) is 0. The maximum Gasteiger partial charge on any atom is 0.252 e. The number of nitrogens with zero attached hydrogens (tertiary/aromatic N) is 3. The number of rotatable bonds is 4. The fourth-order valence-corrected chi connectivity index (χ4v) is 11.3. The van der Waals surface area contributed by atoms with E-state index in [1.807, 2.05) is 0 Å². The zero-order valence-corrected chi connectivity index (χ0v) is 43.8. The molecule has 0 saturated carbocycles. The number of anilines is 8. The molecule has 0 aliphatic carbocycles. The van der Waals surface area contributed by atoms with Gasteiger partial charge in [-0.15, -0.1) is 0 Å². The van der Waals surface area contributed by atoms with Gasteiger partial charge in [-0.3, -0.25) is 0 Å². The highest BCUT2D eigenvalue weighted by molar-refractivity contribution is 7.00. The summed E-state index contributed by atoms with van der Waals surface area (Å²) in [7, 11) is 0. The standard InChI is InChI=1S/C64H72BN3/c1-59(2,3)43-24-21-41(22-25-43)42-23-35-54-51(37-42)65-52-38-46(62(10,11)12)30-36-55(52)67(48-33-28-45(29-34-48)61(7,8)9)57-40-49(68-53-20-18-17-19-50(53)63(13,14)64(68,15)16)39-56(58(57)65)66(54)47-31-26-44(27-32-47)60(4,5)6/h17-40H,1-16H3. The zero-order chi connectivity index (χ0) is 48.7. The van der Waals surface area contributed by atoms with Crippen LogP contribution in [0.25, 0.3) is 11.1 Å². The number of benzene rings is 7. The van der Waals surface area contributed by atoms with Crippen LogP contribution in [0.15, 0.2) is 146 Å². The van der Waals surface area contributed by atoms with Crippen LogP contribution in [-0.4, -0.2) is 12.3 Å². The molecule has 346 valence electrons.